The molecule has 4 nitrogen and oxygen atoms in total. The second-order valence-electron chi connectivity index (χ2n) is 5.98. The summed E-state index contributed by atoms with van der Waals surface area (Å²) in [6.45, 7) is 5.39. The largest absolute Gasteiger partial charge is 0.426 e. The highest BCUT2D eigenvalue weighted by Gasteiger charge is 2.23. The minimum Gasteiger partial charge on any atom is -0.426 e. The summed E-state index contributed by atoms with van der Waals surface area (Å²) < 4.78 is 5.27. The second kappa shape index (κ2) is 6.43. The van der Waals surface area contributed by atoms with E-state index in [1.54, 1.807) is 57.2 Å². The number of esters is 1. The van der Waals surface area contributed by atoms with E-state index in [0.29, 0.717) is 17.0 Å². The summed E-state index contributed by atoms with van der Waals surface area (Å²) in [7, 11) is 0. The van der Waals surface area contributed by atoms with Crippen molar-refractivity contribution in [2.45, 2.75) is 20.8 Å². The maximum Gasteiger partial charge on any atom is 0.316 e. The molecule has 0 fully saturated rings. The van der Waals surface area contributed by atoms with Gasteiger partial charge in [-0.1, -0.05) is 18.2 Å². The smallest absolute Gasteiger partial charge is 0.316 e. The van der Waals surface area contributed by atoms with Crippen LogP contribution in [0.4, 0.5) is 5.69 Å². The van der Waals surface area contributed by atoms with Crippen LogP contribution in [0, 0.1) is 5.41 Å². The number of amides is 1. The van der Waals surface area contributed by atoms with Gasteiger partial charge in [-0.25, -0.2) is 0 Å². The Balaban J connectivity index is 2.01. The Hall–Kier alpha value is -2.62. The van der Waals surface area contributed by atoms with Crippen molar-refractivity contribution in [2.75, 3.05) is 5.32 Å². The minimum absolute atomic E-state index is 0.181. The highest BCUT2D eigenvalue weighted by atomic mass is 16.5. The van der Waals surface area contributed by atoms with E-state index >= 15 is 0 Å². The molecule has 0 bridgehead atoms. The number of carbonyl (C=O) groups is 2. The maximum atomic E-state index is 12.0. The molecule has 0 spiro atoms. The van der Waals surface area contributed by atoms with E-state index in [4.69, 9.17) is 4.74 Å². The molecule has 2 aromatic rings. The summed E-state index contributed by atoms with van der Waals surface area (Å²) in [5, 5.41) is 2.79. The van der Waals surface area contributed by atoms with Crippen LogP contribution in [0.15, 0.2) is 54.6 Å². The number of hydrogen-bond acceptors (Lipinski definition) is 3. The molecule has 0 aromatic heterocycles. The lowest BCUT2D eigenvalue weighted by Gasteiger charge is -2.16. The van der Waals surface area contributed by atoms with E-state index in [0.717, 1.165) is 0 Å². The Morgan fingerprint density at radius 3 is 2.05 bits per heavy atom. The molecule has 1 amide bonds. The highest BCUT2D eigenvalue weighted by molar-refractivity contribution is 6.04. The van der Waals surface area contributed by atoms with E-state index in [1.165, 1.54) is 0 Å². The van der Waals surface area contributed by atoms with E-state index in [9.17, 15) is 9.59 Å². The fourth-order valence-electron chi connectivity index (χ4n) is 1.66. The predicted octanol–water partition coefficient (Wildman–Crippen LogP) is 3.89. The number of nitrogens with one attached hydrogen (secondary N) is 1. The van der Waals surface area contributed by atoms with Crippen LogP contribution in [-0.4, -0.2) is 11.9 Å². The standard InChI is InChI=1S/C18H19NO3/c1-18(2,3)17(21)22-15-11-9-14(10-12-15)19-16(20)13-7-5-4-6-8-13/h4-12H,1-3H3,(H,19,20). The van der Waals surface area contributed by atoms with Gasteiger partial charge >= 0.3 is 5.97 Å². The molecular weight excluding hydrogens is 278 g/mol. The second-order valence-corrected chi connectivity index (χ2v) is 5.98. The summed E-state index contributed by atoms with van der Waals surface area (Å²) in [5.41, 5.74) is 0.676. The predicted molar refractivity (Wildman–Crippen MR) is 85.9 cm³/mol. The van der Waals surface area contributed by atoms with Gasteiger partial charge < -0.3 is 10.1 Å². The summed E-state index contributed by atoms with van der Waals surface area (Å²) in [5.74, 6) is -0.0220. The molecular formula is C18H19NO3. The van der Waals surface area contributed by atoms with Gasteiger partial charge in [-0.15, -0.1) is 0 Å². The van der Waals surface area contributed by atoms with Crippen LogP contribution in [0.5, 0.6) is 5.75 Å². The lowest BCUT2D eigenvalue weighted by molar-refractivity contribution is -0.142. The Labute approximate surface area is 130 Å². The molecule has 1 N–H and O–H groups in total. The fraction of sp³-hybridized carbons (Fsp3) is 0.222. The van der Waals surface area contributed by atoms with Gasteiger partial charge in [-0.2, -0.15) is 0 Å². The monoisotopic (exact) mass is 297 g/mol. The number of benzene rings is 2. The summed E-state index contributed by atoms with van der Waals surface area (Å²) in [4.78, 5) is 23.8. The Morgan fingerprint density at radius 1 is 0.909 bits per heavy atom. The average molecular weight is 297 g/mol. The minimum atomic E-state index is -0.555. The first-order chi connectivity index (χ1) is 10.4. The van der Waals surface area contributed by atoms with Crippen LogP contribution in [0.3, 0.4) is 0 Å². The SMILES string of the molecule is CC(C)(C)C(=O)Oc1ccc(NC(=O)c2ccccc2)cc1. The molecule has 2 aromatic carbocycles. The van der Waals surface area contributed by atoms with Gasteiger partial charge in [-0.3, -0.25) is 9.59 Å². The van der Waals surface area contributed by atoms with Crippen molar-refractivity contribution in [3.8, 4) is 5.75 Å². The first kappa shape index (κ1) is 15.8. The molecule has 0 aliphatic heterocycles. The van der Waals surface area contributed by atoms with E-state index in [2.05, 4.69) is 5.32 Å². The van der Waals surface area contributed by atoms with Gasteiger partial charge in [0.25, 0.3) is 5.91 Å². The van der Waals surface area contributed by atoms with Crippen molar-refractivity contribution in [1.82, 2.24) is 0 Å². The van der Waals surface area contributed by atoms with Gasteiger partial charge in [0.2, 0.25) is 0 Å². The van der Waals surface area contributed by atoms with Crippen LogP contribution in [0.2, 0.25) is 0 Å². The molecule has 22 heavy (non-hydrogen) atoms. The van der Waals surface area contributed by atoms with Crippen molar-refractivity contribution in [3.63, 3.8) is 0 Å². The van der Waals surface area contributed by atoms with E-state index in [1.807, 2.05) is 18.2 Å². The van der Waals surface area contributed by atoms with Gasteiger partial charge in [0, 0.05) is 11.3 Å². The lowest BCUT2D eigenvalue weighted by atomic mass is 9.97. The number of carbonyl (C=O) groups excluding carboxylic acids is 2. The number of rotatable bonds is 3. The third-order valence-electron chi connectivity index (χ3n) is 2.97. The molecule has 0 saturated heterocycles. The lowest BCUT2D eigenvalue weighted by Crippen LogP contribution is -2.25. The van der Waals surface area contributed by atoms with E-state index in [-0.39, 0.29) is 11.9 Å². The van der Waals surface area contributed by atoms with Crippen molar-refractivity contribution in [2.24, 2.45) is 5.41 Å². The van der Waals surface area contributed by atoms with Gasteiger partial charge in [0.15, 0.2) is 0 Å². The summed E-state index contributed by atoms with van der Waals surface area (Å²) >= 11 is 0. The van der Waals surface area contributed by atoms with Crippen LogP contribution in [-0.2, 0) is 4.79 Å². The Morgan fingerprint density at radius 2 is 1.50 bits per heavy atom. The molecule has 0 unspecified atom stereocenters. The van der Waals surface area contributed by atoms with Crippen molar-refractivity contribution >= 4 is 17.6 Å². The molecule has 0 saturated carbocycles. The molecule has 4 heteroatoms. The maximum absolute atomic E-state index is 12.0. The van der Waals surface area contributed by atoms with Crippen molar-refractivity contribution in [1.29, 1.82) is 0 Å². The average Bonchev–Trinajstić information content (AvgIpc) is 2.49. The first-order valence-corrected chi connectivity index (χ1v) is 7.05. The zero-order chi connectivity index (χ0) is 16.2. The molecule has 0 radical (unpaired) electrons. The van der Waals surface area contributed by atoms with Gasteiger partial charge in [0.05, 0.1) is 5.41 Å². The summed E-state index contributed by atoms with van der Waals surface area (Å²) in [6.07, 6.45) is 0. The van der Waals surface area contributed by atoms with Crippen molar-refractivity contribution < 1.29 is 14.3 Å². The highest BCUT2D eigenvalue weighted by Crippen LogP contribution is 2.21. The van der Waals surface area contributed by atoms with Gasteiger partial charge in [0.1, 0.15) is 5.75 Å². The zero-order valence-corrected chi connectivity index (χ0v) is 12.9. The molecule has 0 aliphatic carbocycles. The fourth-order valence-corrected chi connectivity index (χ4v) is 1.66. The molecule has 0 heterocycles. The number of ether oxygens (including phenoxy) is 1. The first-order valence-electron chi connectivity index (χ1n) is 7.05. The van der Waals surface area contributed by atoms with Crippen LogP contribution < -0.4 is 10.1 Å². The Kier molecular flexibility index (Phi) is 4.61. The Bertz CT molecular complexity index is 655. The molecule has 114 valence electrons. The quantitative estimate of drug-likeness (QED) is 0.690. The topological polar surface area (TPSA) is 55.4 Å². The molecule has 0 atom stereocenters. The third-order valence-corrected chi connectivity index (χ3v) is 2.97. The van der Waals surface area contributed by atoms with Crippen LogP contribution in [0.1, 0.15) is 31.1 Å². The zero-order valence-electron chi connectivity index (χ0n) is 12.9. The van der Waals surface area contributed by atoms with E-state index < -0.39 is 5.41 Å². The third kappa shape index (κ3) is 4.19. The molecule has 0 aliphatic rings. The van der Waals surface area contributed by atoms with Crippen LogP contribution in [0.25, 0.3) is 0 Å². The summed E-state index contributed by atoms with van der Waals surface area (Å²) in [6, 6.07) is 15.7. The normalized spacial score (nSPS) is 10.9. The van der Waals surface area contributed by atoms with Crippen LogP contribution >= 0.6 is 0 Å². The van der Waals surface area contributed by atoms with Gasteiger partial charge in [-0.05, 0) is 57.2 Å². The number of hydrogen-bond donors (Lipinski definition) is 1. The number of anilines is 1. The van der Waals surface area contributed by atoms with Crippen molar-refractivity contribution in [3.05, 3.63) is 60.2 Å². The molecule has 2 rings (SSSR count).